The Hall–Kier alpha value is -1.52. The fourth-order valence-corrected chi connectivity index (χ4v) is 1.09. The van der Waals surface area contributed by atoms with Crippen LogP contribution in [0.5, 0.6) is 0 Å². The molecule has 0 aliphatic carbocycles. The van der Waals surface area contributed by atoms with Gasteiger partial charge in [-0.25, -0.2) is 4.79 Å². The Morgan fingerprint density at radius 3 is 2.93 bits per heavy atom. The van der Waals surface area contributed by atoms with E-state index in [1.54, 1.807) is 17.8 Å². The van der Waals surface area contributed by atoms with E-state index in [2.05, 4.69) is 0 Å². The maximum atomic E-state index is 11.7. The minimum Gasteiger partial charge on any atom is -0.461 e. The van der Waals surface area contributed by atoms with Gasteiger partial charge in [-0.05, 0) is 6.07 Å². The first kappa shape index (κ1) is 10.6. The van der Waals surface area contributed by atoms with Crippen LogP contribution in [0.4, 0.5) is 10.1 Å². The molecule has 0 saturated carbocycles. The van der Waals surface area contributed by atoms with Crippen LogP contribution in [0.25, 0.3) is 0 Å². The van der Waals surface area contributed by atoms with Crippen LogP contribution in [0, 0.1) is 0 Å². The zero-order valence-corrected chi connectivity index (χ0v) is 8.00. The summed E-state index contributed by atoms with van der Waals surface area (Å²) in [6.07, 6.45) is 1.84. The van der Waals surface area contributed by atoms with Gasteiger partial charge in [0.25, 0.3) is 0 Å². The van der Waals surface area contributed by atoms with Crippen molar-refractivity contribution in [3.8, 4) is 0 Å². The summed E-state index contributed by atoms with van der Waals surface area (Å²) < 4.78 is 18.1. The Bertz CT molecular complexity index is 323. The number of esters is 1. The van der Waals surface area contributed by atoms with Gasteiger partial charge >= 0.3 is 5.97 Å². The van der Waals surface area contributed by atoms with Crippen LogP contribution in [-0.2, 0) is 11.8 Å². The van der Waals surface area contributed by atoms with Crippen LogP contribution in [0.1, 0.15) is 16.9 Å². The van der Waals surface area contributed by atoms with Crippen LogP contribution in [-0.4, -0.2) is 23.8 Å². The van der Waals surface area contributed by atoms with Crippen molar-refractivity contribution in [2.45, 2.75) is 6.42 Å². The van der Waals surface area contributed by atoms with Crippen molar-refractivity contribution in [2.75, 3.05) is 19.0 Å². The lowest BCUT2D eigenvalue weighted by atomic mass is 10.4. The summed E-state index contributed by atoms with van der Waals surface area (Å²) >= 11 is 0. The number of ether oxygens (including phenoxy) is 1. The minimum atomic E-state index is -0.484. The molecule has 1 rings (SSSR count). The number of nitrogens with zero attached hydrogens (tertiary/aromatic N) is 1. The van der Waals surface area contributed by atoms with Crippen LogP contribution in [0.3, 0.4) is 0 Å². The predicted octanol–water partition coefficient (Wildman–Crippen LogP) is 1.12. The fraction of sp³-hybridized carbons (Fsp3) is 0.444. The Balaban J connectivity index is 2.56. The highest BCUT2D eigenvalue weighted by atomic mass is 19.1. The molecule has 0 spiro atoms. The number of hydrogen-bond donors (Lipinski definition) is 1. The number of carbonyl (C=O) groups excluding carboxylic acids is 1. The van der Waals surface area contributed by atoms with Crippen molar-refractivity contribution < 1.29 is 13.9 Å². The third-order valence-electron chi connectivity index (χ3n) is 1.75. The zero-order valence-electron chi connectivity index (χ0n) is 8.00. The molecule has 0 unspecified atom stereocenters. The lowest BCUT2D eigenvalue weighted by Gasteiger charge is -2.03. The SMILES string of the molecule is Cn1cc(N)cc1C(=O)OCCCF. The molecule has 0 atom stereocenters. The Kier molecular flexibility index (Phi) is 3.50. The lowest BCUT2D eigenvalue weighted by molar-refractivity contribution is 0.0483. The van der Waals surface area contributed by atoms with Crippen molar-refractivity contribution in [1.29, 1.82) is 0 Å². The molecule has 0 aliphatic rings. The molecule has 4 nitrogen and oxygen atoms in total. The molecule has 0 bridgehead atoms. The first-order chi connectivity index (χ1) is 6.65. The molecule has 0 aliphatic heterocycles. The number of nitrogens with two attached hydrogens (primary N) is 1. The average Bonchev–Trinajstić information content (AvgIpc) is 2.45. The second kappa shape index (κ2) is 4.64. The molecule has 1 aromatic rings. The normalized spacial score (nSPS) is 10.1. The molecular formula is C9H13FN2O2. The highest BCUT2D eigenvalue weighted by Crippen LogP contribution is 2.09. The summed E-state index contributed by atoms with van der Waals surface area (Å²) in [6.45, 7) is -0.386. The van der Waals surface area contributed by atoms with Gasteiger partial charge in [0, 0.05) is 19.7 Å². The maximum Gasteiger partial charge on any atom is 0.355 e. The summed E-state index contributed by atoms with van der Waals surface area (Å²) in [4.78, 5) is 11.3. The average molecular weight is 200 g/mol. The van der Waals surface area contributed by atoms with Gasteiger partial charge in [0.05, 0.1) is 19.0 Å². The quantitative estimate of drug-likeness (QED) is 0.585. The number of halogens is 1. The molecule has 0 amide bonds. The third-order valence-corrected chi connectivity index (χ3v) is 1.75. The first-order valence-corrected chi connectivity index (χ1v) is 4.30. The first-order valence-electron chi connectivity index (χ1n) is 4.30. The van der Waals surface area contributed by atoms with Gasteiger partial charge in [-0.2, -0.15) is 0 Å². The smallest absolute Gasteiger partial charge is 0.355 e. The standard InChI is InChI=1S/C9H13FN2O2/c1-12-6-7(11)5-8(12)9(13)14-4-2-3-10/h5-6H,2-4,11H2,1H3. The van der Waals surface area contributed by atoms with Gasteiger partial charge in [-0.1, -0.05) is 0 Å². The van der Waals surface area contributed by atoms with E-state index in [0.717, 1.165) is 0 Å². The monoisotopic (exact) mass is 200 g/mol. The topological polar surface area (TPSA) is 57.2 Å². The molecule has 0 aromatic carbocycles. The number of aromatic nitrogens is 1. The lowest BCUT2D eigenvalue weighted by Crippen LogP contribution is -2.10. The summed E-state index contributed by atoms with van der Waals surface area (Å²) in [6, 6.07) is 1.53. The summed E-state index contributed by atoms with van der Waals surface area (Å²) in [5.74, 6) is -0.474. The van der Waals surface area contributed by atoms with E-state index in [0.29, 0.717) is 11.4 Å². The van der Waals surface area contributed by atoms with Crippen LogP contribution in [0.15, 0.2) is 12.3 Å². The van der Waals surface area contributed by atoms with Crippen molar-refractivity contribution in [3.63, 3.8) is 0 Å². The van der Waals surface area contributed by atoms with E-state index in [-0.39, 0.29) is 13.0 Å². The number of carbonyl (C=O) groups is 1. The van der Waals surface area contributed by atoms with E-state index in [1.807, 2.05) is 0 Å². The zero-order chi connectivity index (χ0) is 10.6. The second-order valence-corrected chi connectivity index (χ2v) is 2.95. The number of rotatable bonds is 4. The number of anilines is 1. The van der Waals surface area contributed by atoms with E-state index in [4.69, 9.17) is 10.5 Å². The van der Waals surface area contributed by atoms with Crippen molar-refractivity contribution >= 4 is 11.7 Å². The van der Waals surface area contributed by atoms with Gasteiger partial charge in [0.15, 0.2) is 0 Å². The van der Waals surface area contributed by atoms with Crippen molar-refractivity contribution in [1.82, 2.24) is 4.57 Å². The molecule has 78 valence electrons. The number of aryl methyl sites for hydroxylation is 1. The molecule has 0 radical (unpaired) electrons. The van der Waals surface area contributed by atoms with E-state index >= 15 is 0 Å². The molecule has 5 heteroatoms. The fourth-order valence-electron chi connectivity index (χ4n) is 1.09. The van der Waals surface area contributed by atoms with Crippen LogP contribution < -0.4 is 5.73 Å². The van der Waals surface area contributed by atoms with Crippen LogP contribution >= 0.6 is 0 Å². The van der Waals surface area contributed by atoms with Gasteiger partial charge < -0.3 is 15.0 Å². The molecular weight excluding hydrogens is 187 g/mol. The Labute approximate surface area is 81.5 Å². The molecule has 0 fully saturated rings. The van der Waals surface area contributed by atoms with E-state index in [9.17, 15) is 9.18 Å². The predicted molar refractivity (Wildman–Crippen MR) is 50.7 cm³/mol. The third kappa shape index (κ3) is 2.48. The summed E-state index contributed by atoms with van der Waals surface area (Å²) in [5, 5.41) is 0. The molecule has 1 heterocycles. The van der Waals surface area contributed by atoms with Crippen LogP contribution in [0.2, 0.25) is 0 Å². The van der Waals surface area contributed by atoms with Gasteiger partial charge in [-0.3, -0.25) is 4.39 Å². The molecule has 14 heavy (non-hydrogen) atoms. The second-order valence-electron chi connectivity index (χ2n) is 2.95. The highest BCUT2D eigenvalue weighted by molar-refractivity contribution is 5.89. The van der Waals surface area contributed by atoms with Gasteiger partial charge in [-0.15, -0.1) is 0 Å². The Morgan fingerprint density at radius 1 is 1.71 bits per heavy atom. The molecule has 1 aromatic heterocycles. The number of alkyl halides is 1. The maximum absolute atomic E-state index is 11.7. The number of nitrogen functional groups attached to an aromatic ring is 1. The van der Waals surface area contributed by atoms with Crippen molar-refractivity contribution in [3.05, 3.63) is 18.0 Å². The number of hydrogen-bond acceptors (Lipinski definition) is 3. The highest BCUT2D eigenvalue weighted by Gasteiger charge is 2.11. The Morgan fingerprint density at radius 2 is 2.43 bits per heavy atom. The molecule has 2 N–H and O–H groups in total. The van der Waals surface area contributed by atoms with Crippen molar-refractivity contribution in [2.24, 2.45) is 7.05 Å². The van der Waals surface area contributed by atoms with Gasteiger partial charge in [0.2, 0.25) is 0 Å². The minimum absolute atomic E-state index is 0.0976. The summed E-state index contributed by atoms with van der Waals surface area (Å²) in [7, 11) is 1.70. The van der Waals surface area contributed by atoms with Gasteiger partial charge in [0.1, 0.15) is 5.69 Å². The largest absolute Gasteiger partial charge is 0.461 e. The van der Waals surface area contributed by atoms with E-state index in [1.165, 1.54) is 6.07 Å². The van der Waals surface area contributed by atoms with E-state index < -0.39 is 12.6 Å². The molecule has 0 saturated heterocycles. The summed E-state index contributed by atoms with van der Waals surface area (Å²) in [5.41, 5.74) is 6.36.